The molecule has 1 unspecified atom stereocenters. The van der Waals surface area contributed by atoms with Gasteiger partial charge in [0, 0.05) is 56.1 Å². The number of fused-ring (bicyclic) bond motifs is 2. The number of hydrogen-bond acceptors (Lipinski definition) is 4. The van der Waals surface area contributed by atoms with Gasteiger partial charge in [0.1, 0.15) is 6.54 Å². The molecule has 1 N–H and O–H groups in total. The van der Waals surface area contributed by atoms with Crippen LogP contribution in [0, 0.1) is 0 Å². The molecule has 3 heterocycles. The van der Waals surface area contributed by atoms with Crippen LogP contribution in [-0.2, 0) is 11.3 Å². The molecule has 150 valence electrons. The number of hydrogen-bond donors (Lipinski definition) is 1. The standard InChI is InChI=1S/C23H26N4O2/c28-22(26-12-9-17(15-26)25-13-10-24-11-14-25)16-27-20-7-3-1-5-18(20)23(29)19-6-2-4-8-21(19)27/h1-8,17,24H,9-16H2. The van der Waals surface area contributed by atoms with Gasteiger partial charge in [-0.15, -0.1) is 0 Å². The summed E-state index contributed by atoms with van der Waals surface area (Å²) in [4.78, 5) is 30.6. The summed E-state index contributed by atoms with van der Waals surface area (Å²) in [6, 6.07) is 15.6. The number of carbonyl (C=O) groups excluding carboxylic acids is 1. The van der Waals surface area contributed by atoms with Crippen LogP contribution in [0.5, 0.6) is 0 Å². The molecule has 0 bridgehead atoms. The molecule has 2 saturated heterocycles. The lowest BCUT2D eigenvalue weighted by molar-refractivity contribution is -0.130. The number of amides is 1. The Balaban J connectivity index is 1.45. The zero-order valence-electron chi connectivity index (χ0n) is 16.5. The summed E-state index contributed by atoms with van der Waals surface area (Å²) >= 11 is 0. The summed E-state index contributed by atoms with van der Waals surface area (Å²) < 4.78 is 2.01. The van der Waals surface area contributed by atoms with Crippen LogP contribution in [0.2, 0.25) is 0 Å². The molecule has 1 atom stereocenters. The highest BCUT2D eigenvalue weighted by atomic mass is 16.2. The van der Waals surface area contributed by atoms with Crippen molar-refractivity contribution < 1.29 is 4.79 Å². The Labute approximate surface area is 169 Å². The van der Waals surface area contributed by atoms with Crippen molar-refractivity contribution in [1.82, 2.24) is 19.7 Å². The van der Waals surface area contributed by atoms with Crippen LogP contribution >= 0.6 is 0 Å². The number of piperazine rings is 1. The van der Waals surface area contributed by atoms with Crippen LogP contribution in [-0.4, -0.2) is 65.6 Å². The molecular formula is C23H26N4O2. The van der Waals surface area contributed by atoms with Gasteiger partial charge in [-0.05, 0) is 30.7 Å². The molecule has 0 radical (unpaired) electrons. The Morgan fingerprint density at radius 2 is 1.55 bits per heavy atom. The number of rotatable bonds is 3. The smallest absolute Gasteiger partial charge is 0.242 e. The average molecular weight is 390 g/mol. The number of carbonyl (C=O) groups is 1. The topological polar surface area (TPSA) is 57.6 Å². The van der Waals surface area contributed by atoms with Gasteiger partial charge < -0.3 is 14.8 Å². The predicted molar refractivity (Wildman–Crippen MR) is 115 cm³/mol. The molecule has 0 saturated carbocycles. The first kappa shape index (κ1) is 18.3. The molecule has 3 aromatic rings. The van der Waals surface area contributed by atoms with Crippen molar-refractivity contribution >= 4 is 27.7 Å². The summed E-state index contributed by atoms with van der Waals surface area (Å²) in [5.41, 5.74) is 1.67. The molecule has 2 aliphatic rings. The normalized spacial score (nSPS) is 20.6. The Morgan fingerprint density at radius 3 is 2.21 bits per heavy atom. The molecule has 1 aromatic heterocycles. The number of benzene rings is 2. The highest BCUT2D eigenvalue weighted by Gasteiger charge is 2.31. The fourth-order valence-corrected chi connectivity index (χ4v) is 4.80. The van der Waals surface area contributed by atoms with E-state index in [0.717, 1.165) is 56.7 Å². The van der Waals surface area contributed by atoms with Crippen LogP contribution in [0.1, 0.15) is 6.42 Å². The number of nitrogens with one attached hydrogen (secondary N) is 1. The molecule has 6 nitrogen and oxygen atoms in total. The zero-order valence-corrected chi connectivity index (χ0v) is 16.5. The molecule has 1 amide bonds. The van der Waals surface area contributed by atoms with Crippen LogP contribution in [0.4, 0.5) is 0 Å². The van der Waals surface area contributed by atoms with Gasteiger partial charge in [-0.3, -0.25) is 14.5 Å². The fourth-order valence-electron chi connectivity index (χ4n) is 4.80. The Hall–Kier alpha value is -2.70. The highest BCUT2D eigenvalue weighted by molar-refractivity contribution is 5.94. The van der Waals surface area contributed by atoms with Crippen molar-refractivity contribution in [2.45, 2.75) is 19.0 Å². The SMILES string of the molecule is O=C(Cn1c2ccccc2c(=O)c2ccccc21)N1CCC(N2CCNCC2)C1. The van der Waals surface area contributed by atoms with Crippen molar-refractivity contribution in [3.8, 4) is 0 Å². The lowest BCUT2D eigenvalue weighted by atomic mass is 10.1. The third-order valence-electron chi connectivity index (χ3n) is 6.36. The zero-order chi connectivity index (χ0) is 19.8. The molecule has 5 rings (SSSR count). The fraction of sp³-hybridized carbons (Fsp3) is 0.391. The maximum absolute atomic E-state index is 13.2. The van der Waals surface area contributed by atoms with Crippen molar-refractivity contribution in [3.63, 3.8) is 0 Å². The van der Waals surface area contributed by atoms with Gasteiger partial charge in [-0.1, -0.05) is 24.3 Å². The quantitative estimate of drug-likeness (QED) is 0.691. The second-order valence-electron chi connectivity index (χ2n) is 8.02. The van der Waals surface area contributed by atoms with E-state index < -0.39 is 0 Å². The van der Waals surface area contributed by atoms with Gasteiger partial charge >= 0.3 is 0 Å². The predicted octanol–water partition coefficient (Wildman–Crippen LogP) is 1.66. The molecule has 2 fully saturated rings. The molecular weight excluding hydrogens is 364 g/mol. The highest BCUT2D eigenvalue weighted by Crippen LogP contribution is 2.21. The minimum atomic E-state index is 0.0276. The van der Waals surface area contributed by atoms with Crippen molar-refractivity contribution in [3.05, 3.63) is 58.8 Å². The first-order valence-electron chi connectivity index (χ1n) is 10.5. The lowest BCUT2D eigenvalue weighted by Crippen LogP contribution is -2.49. The average Bonchev–Trinajstić information content (AvgIpc) is 3.28. The van der Waals surface area contributed by atoms with Gasteiger partial charge in [0.15, 0.2) is 5.43 Å². The van der Waals surface area contributed by atoms with Gasteiger partial charge in [0.2, 0.25) is 5.91 Å². The van der Waals surface area contributed by atoms with E-state index in [1.807, 2.05) is 58.0 Å². The third kappa shape index (κ3) is 3.32. The van der Waals surface area contributed by atoms with Crippen LogP contribution in [0.25, 0.3) is 21.8 Å². The maximum Gasteiger partial charge on any atom is 0.242 e. The molecule has 0 aliphatic carbocycles. The van der Waals surface area contributed by atoms with E-state index in [9.17, 15) is 9.59 Å². The lowest BCUT2D eigenvalue weighted by Gasteiger charge is -2.32. The van der Waals surface area contributed by atoms with E-state index in [-0.39, 0.29) is 17.9 Å². The van der Waals surface area contributed by atoms with Gasteiger partial charge in [-0.2, -0.15) is 0 Å². The van der Waals surface area contributed by atoms with Gasteiger partial charge in [0.05, 0.1) is 11.0 Å². The second kappa shape index (κ2) is 7.61. The van der Waals surface area contributed by atoms with Crippen molar-refractivity contribution in [2.75, 3.05) is 39.3 Å². The summed E-state index contributed by atoms with van der Waals surface area (Å²) in [5.74, 6) is 0.126. The second-order valence-corrected chi connectivity index (χ2v) is 8.02. The number of para-hydroxylation sites is 2. The van der Waals surface area contributed by atoms with E-state index in [4.69, 9.17) is 0 Å². The molecule has 0 spiro atoms. The van der Waals surface area contributed by atoms with Crippen LogP contribution < -0.4 is 10.7 Å². The Kier molecular flexibility index (Phi) is 4.81. The monoisotopic (exact) mass is 390 g/mol. The van der Waals surface area contributed by atoms with E-state index in [1.54, 1.807) is 0 Å². The molecule has 2 aliphatic heterocycles. The van der Waals surface area contributed by atoms with Crippen LogP contribution in [0.15, 0.2) is 53.3 Å². The van der Waals surface area contributed by atoms with Gasteiger partial charge in [-0.25, -0.2) is 0 Å². The van der Waals surface area contributed by atoms with Crippen molar-refractivity contribution in [2.24, 2.45) is 0 Å². The number of nitrogens with zero attached hydrogens (tertiary/aromatic N) is 3. The summed E-state index contributed by atoms with van der Waals surface area (Å²) in [6.45, 7) is 6.04. The van der Waals surface area contributed by atoms with E-state index >= 15 is 0 Å². The van der Waals surface area contributed by atoms with E-state index in [0.29, 0.717) is 16.8 Å². The first-order valence-corrected chi connectivity index (χ1v) is 10.5. The minimum absolute atomic E-state index is 0.0276. The van der Waals surface area contributed by atoms with Crippen LogP contribution in [0.3, 0.4) is 0 Å². The van der Waals surface area contributed by atoms with E-state index in [2.05, 4.69) is 10.2 Å². The molecule has 29 heavy (non-hydrogen) atoms. The number of aromatic nitrogens is 1. The summed E-state index contributed by atoms with van der Waals surface area (Å²) in [6.07, 6.45) is 1.04. The number of pyridine rings is 1. The minimum Gasteiger partial charge on any atom is -0.340 e. The first-order chi connectivity index (χ1) is 14.2. The largest absolute Gasteiger partial charge is 0.340 e. The number of likely N-dealkylation sites (tertiary alicyclic amines) is 1. The van der Waals surface area contributed by atoms with Gasteiger partial charge in [0.25, 0.3) is 0 Å². The summed E-state index contributed by atoms with van der Waals surface area (Å²) in [7, 11) is 0. The van der Waals surface area contributed by atoms with Crippen molar-refractivity contribution in [1.29, 1.82) is 0 Å². The maximum atomic E-state index is 13.2. The molecule has 2 aromatic carbocycles. The molecule has 6 heteroatoms. The third-order valence-corrected chi connectivity index (χ3v) is 6.36. The Morgan fingerprint density at radius 1 is 0.931 bits per heavy atom. The van der Waals surface area contributed by atoms with E-state index in [1.165, 1.54) is 0 Å². The summed E-state index contributed by atoms with van der Waals surface area (Å²) in [5, 5.41) is 4.72. The Bertz CT molecular complexity index is 1060.